The van der Waals surface area contributed by atoms with E-state index in [-0.39, 0.29) is 18.4 Å². The molecule has 5 nitrogen and oxygen atoms in total. The fourth-order valence-corrected chi connectivity index (χ4v) is 3.07. The fourth-order valence-electron chi connectivity index (χ4n) is 2.36. The lowest BCUT2D eigenvalue weighted by molar-refractivity contribution is -0.135. The minimum absolute atomic E-state index is 0.0916. The number of likely N-dealkylation sites (tertiary alicyclic amines) is 1. The summed E-state index contributed by atoms with van der Waals surface area (Å²) in [5.41, 5.74) is 11.9. The van der Waals surface area contributed by atoms with E-state index < -0.39 is 11.9 Å². The molecule has 1 aliphatic heterocycles. The van der Waals surface area contributed by atoms with E-state index in [1.54, 1.807) is 16.2 Å². The number of hydrogen-bond acceptors (Lipinski definition) is 4. The second-order valence-corrected chi connectivity index (χ2v) is 5.30. The maximum atomic E-state index is 12.2. The van der Waals surface area contributed by atoms with Crippen molar-refractivity contribution in [1.29, 1.82) is 0 Å². The molecule has 1 fully saturated rings. The van der Waals surface area contributed by atoms with Gasteiger partial charge in [-0.25, -0.2) is 0 Å². The van der Waals surface area contributed by atoms with Gasteiger partial charge >= 0.3 is 0 Å². The zero-order valence-electron chi connectivity index (χ0n) is 10.0. The van der Waals surface area contributed by atoms with E-state index in [0.29, 0.717) is 6.54 Å². The Morgan fingerprint density at radius 2 is 2.33 bits per heavy atom. The van der Waals surface area contributed by atoms with Crippen molar-refractivity contribution in [1.82, 2.24) is 4.90 Å². The van der Waals surface area contributed by atoms with E-state index in [9.17, 15) is 9.59 Å². The van der Waals surface area contributed by atoms with Gasteiger partial charge in [0.1, 0.15) is 0 Å². The smallest absolute Gasteiger partial charge is 0.240 e. The maximum Gasteiger partial charge on any atom is 0.240 e. The number of carbonyl (C=O) groups excluding carboxylic acids is 2. The van der Waals surface area contributed by atoms with E-state index in [1.165, 1.54) is 0 Å². The Morgan fingerprint density at radius 3 is 2.94 bits per heavy atom. The molecule has 1 aliphatic rings. The van der Waals surface area contributed by atoms with Gasteiger partial charge in [-0.2, -0.15) is 11.3 Å². The summed E-state index contributed by atoms with van der Waals surface area (Å²) in [6.07, 6.45) is 1.83. The number of primary amides is 1. The molecule has 0 radical (unpaired) electrons. The molecule has 98 valence electrons. The third-order valence-electron chi connectivity index (χ3n) is 3.20. The van der Waals surface area contributed by atoms with Gasteiger partial charge in [-0.1, -0.05) is 0 Å². The zero-order valence-corrected chi connectivity index (χ0v) is 10.9. The molecule has 0 saturated carbocycles. The molecule has 0 spiro atoms. The van der Waals surface area contributed by atoms with Gasteiger partial charge in [0, 0.05) is 6.54 Å². The van der Waals surface area contributed by atoms with Crippen LogP contribution in [0.5, 0.6) is 0 Å². The molecule has 2 amide bonds. The largest absolute Gasteiger partial charge is 0.370 e. The van der Waals surface area contributed by atoms with Crippen LogP contribution in [-0.4, -0.2) is 29.3 Å². The normalized spacial score (nSPS) is 20.9. The van der Waals surface area contributed by atoms with Crippen molar-refractivity contribution in [2.75, 3.05) is 6.54 Å². The Hall–Kier alpha value is -1.40. The van der Waals surface area contributed by atoms with Crippen LogP contribution in [0.1, 0.15) is 30.9 Å². The predicted molar refractivity (Wildman–Crippen MR) is 69.8 cm³/mol. The average Bonchev–Trinajstić information content (AvgIpc) is 2.97. The average molecular weight is 267 g/mol. The molecule has 4 N–H and O–H groups in total. The molecule has 18 heavy (non-hydrogen) atoms. The third kappa shape index (κ3) is 2.70. The van der Waals surface area contributed by atoms with E-state index >= 15 is 0 Å². The number of amides is 2. The van der Waals surface area contributed by atoms with Crippen molar-refractivity contribution in [3.8, 4) is 0 Å². The van der Waals surface area contributed by atoms with Gasteiger partial charge in [-0.15, -0.1) is 0 Å². The summed E-state index contributed by atoms with van der Waals surface area (Å²) in [5, 5.41) is 4.05. The number of carbonyl (C=O) groups is 2. The van der Waals surface area contributed by atoms with Gasteiger partial charge in [0.15, 0.2) is 0 Å². The Kier molecular flexibility index (Phi) is 3.98. The Bertz CT molecular complexity index is 433. The summed E-state index contributed by atoms with van der Waals surface area (Å²) in [5.74, 6) is -0.718. The van der Waals surface area contributed by atoms with Crippen molar-refractivity contribution >= 4 is 23.2 Å². The monoisotopic (exact) mass is 267 g/mol. The first-order valence-electron chi connectivity index (χ1n) is 5.96. The van der Waals surface area contributed by atoms with Crippen LogP contribution >= 0.6 is 11.3 Å². The van der Waals surface area contributed by atoms with Crippen molar-refractivity contribution in [2.24, 2.45) is 11.5 Å². The standard InChI is InChI=1S/C12H17N3O2S/c13-9(6-11(14)16)12(17)15-4-1-2-10(15)8-3-5-18-7-8/h3,5,7,9-10H,1-2,4,6,13H2,(H2,14,16). The minimum atomic E-state index is -0.818. The van der Waals surface area contributed by atoms with Crippen LogP contribution < -0.4 is 11.5 Å². The van der Waals surface area contributed by atoms with Crippen molar-refractivity contribution < 1.29 is 9.59 Å². The van der Waals surface area contributed by atoms with E-state index in [0.717, 1.165) is 18.4 Å². The van der Waals surface area contributed by atoms with Gasteiger partial charge in [-0.3, -0.25) is 9.59 Å². The lowest BCUT2D eigenvalue weighted by Gasteiger charge is -2.26. The highest BCUT2D eigenvalue weighted by Crippen LogP contribution is 2.33. The second kappa shape index (κ2) is 5.49. The molecule has 1 aromatic heterocycles. The first kappa shape index (κ1) is 13.0. The van der Waals surface area contributed by atoms with Crippen LogP contribution in [-0.2, 0) is 9.59 Å². The SMILES string of the molecule is NC(=O)CC(N)C(=O)N1CCCC1c1ccsc1. The zero-order chi connectivity index (χ0) is 13.1. The van der Waals surface area contributed by atoms with E-state index in [4.69, 9.17) is 11.5 Å². The summed E-state index contributed by atoms with van der Waals surface area (Å²) < 4.78 is 0. The summed E-state index contributed by atoms with van der Waals surface area (Å²) in [7, 11) is 0. The predicted octanol–water partition coefficient (Wildman–Crippen LogP) is 0.614. The molecular formula is C12H17N3O2S. The molecule has 0 bridgehead atoms. The second-order valence-electron chi connectivity index (χ2n) is 4.52. The summed E-state index contributed by atoms with van der Waals surface area (Å²) >= 11 is 1.62. The summed E-state index contributed by atoms with van der Waals surface area (Å²) in [6, 6.07) is 1.31. The molecule has 0 aromatic carbocycles. The Balaban J connectivity index is 2.07. The number of nitrogens with two attached hydrogens (primary N) is 2. The van der Waals surface area contributed by atoms with E-state index in [1.807, 2.05) is 11.4 Å². The molecule has 0 aliphatic carbocycles. The number of thiophene rings is 1. The van der Waals surface area contributed by atoms with Crippen molar-refractivity contribution in [3.05, 3.63) is 22.4 Å². The van der Waals surface area contributed by atoms with Crippen LogP contribution in [0.3, 0.4) is 0 Å². The van der Waals surface area contributed by atoms with Gasteiger partial charge in [0.05, 0.1) is 18.5 Å². The Labute approximate surface area is 110 Å². The minimum Gasteiger partial charge on any atom is -0.370 e. The highest BCUT2D eigenvalue weighted by atomic mass is 32.1. The van der Waals surface area contributed by atoms with Gasteiger partial charge in [0.25, 0.3) is 0 Å². The van der Waals surface area contributed by atoms with Crippen LogP contribution in [0.4, 0.5) is 0 Å². The first-order chi connectivity index (χ1) is 8.59. The highest BCUT2D eigenvalue weighted by molar-refractivity contribution is 7.07. The van der Waals surface area contributed by atoms with Crippen LogP contribution in [0.15, 0.2) is 16.8 Å². The van der Waals surface area contributed by atoms with Crippen LogP contribution in [0.2, 0.25) is 0 Å². The number of hydrogen-bond donors (Lipinski definition) is 2. The molecule has 1 aromatic rings. The molecule has 2 atom stereocenters. The summed E-state index contributed by atoms with van der Waals surface area (Å²) in [6.45, 7) is 0.700. The number of rotatable bonds is 4. The molecule has 2 heterocycles. The topological polar surface area (TPSA) is 89.4 Å². The summed E-state index contributed by atoms with van der Waals surface area (Å²) in [4.78, 5) is 24.8. The van der Waals surface area contributed by atoms with Gasteiger partial charge in [0.2, 0.25) is 11.8 Å². The first-order valence-corrected chi connectivity index (χ1v) is 6.90. The van der Waals surface area contributed by atoms with Crippen LogP contribution in [0.25, 0.3) is 0 Å². The highest BCUT2D eigenvalue weighted by Gasteiger charge is 2.33. The maximum absolute atomic E-state index is 12.2. The fraction of sp³-hybridized carbons (Fsp3) is 0.500. The van der Waals surface area contributed by atoms with Crippen molar-refractivity contribution in [2.45, 2.75) is 31.3 Å². The molecule has 2 unspecified atom stereocenters. The quantitative estimate of drug-likeness (QED) is 0.837. The third-order valence-corrected chi connectivity index (χ3v) is 3.90. The molecule has 1 saturated heterocycles. The van der Waals surface area contributed by atoms with Crippen molar-refractivity contribution in [3.63, 3.8) is 0 Å². The molecule has 6 heteroatoms. The van der Waals surface area contributed by atoms with Crippen LogP contribution in [0, 0.1) is 0 Å². The number of nitrogens with zero attached hydrogens (tertiary/aromatic N) is 1. The van der Waals surface area contributed by atoms with E-state index in [2.05, 4.69) is 5.38 Å². The van der Waals surface area contributed by atoms with Gasteiger partial charge in [-0.05, 0) is 35.2 Å². The van der Waals surface area contributed by atoms with Gasteiger partial charge < -0.3 is 16.4 Å². The molecule has 2 rings (SSSR count). The lowest BCUT2D eigenvalue weighted by Crippen LogP contribution is -2.45. The molecular weight excluding hydrogens is 250 g/mol. The Morgan fingerprint density at radius 1 is 1.56 bits per heavy atom. The lowest BCUT2D eigenvalue weighted by atomic mass is 10.1.